The van der Waals surface area contributed by atoms with Gasteiger partial charge < -0.3 is 15.5 Å². The van der Waals surface area contributed by atoms with Crippen molar-refractivity contribution in [1.29, 1.82) is 0 Å². The van der Waals surface area contributed by atoms with Crippen molar-refractivity contribution in [2.24, 2.45) is 4.99 Å². The molecule has 0 saturated carbocycles. The summed E-state index contributed by atoms with van der Waals surface area (Å²) in [5, 5.41) is 5.78. The molecule has 146 valence electrons. The van der Waals surface area contributed by atoms with E-state index in [0.29, 0.717) is 13.1 Å². The zero-order valence-corrected chi connectivity index (χ0v) is 17.8. The van der Waals surface area contributed by atoms with E-state index in [0.717, 1.165) is 31.9 Å². The number of rotatable bonds is 4. The van der Waals surface area contributed by atoms with E-state index >= 15 is 0 Å². The monoisotopic (exact) mass is 483 g/mol. The Hall–Kier alpha value is -2.10. The van der Waals surface area contributed by atoms with Crippen LogP contribution in [0.25, 0.3) is 6.08 Å². The Balaban J connectivity index is 0.00000261. The molecular weight excluding hydrogens is 457 g/mol. The number of hydrogen-bond donors (Lipinski definition) is 2. The smallest absolute Gasteiger partial charge is 0.324 e. The Kier molecular flexibility index (Phi) is 8.08. The Bertz CT molecular complexity index is 694. The van der Waals surface area contributed by atoms with Crippen LogP contribution in [0, 0.1) is 0 Å². The minimum atomic E-state index is -0.319. The quantitative estimate of drug-likeness (QED) is 0.297. The number of likely N-dealkylation sites (tertiary alicyclic amines) is 1. The second kappa shape index (κ2) is 10.3. The molecule has 0 unspecified atom stereocenters. The van der Waals surface area contributed by atoms with E-state index in [2.05, 4.69) is 50.9 Å². The van der Waals surface area contributed by atoms with Crippen LogP contribution in [-0.4, -0.2) is 67.5 Å². The summed E-state index contributed by atoms with van der Waals surface area (Å²) in [6, 6.07) is 10.1. The normalized spacial score (nSPS) is 17.5. The van der Waals surface area contributed by atoms with Crippen LogP contribution in [0.4, 0.5) is 4.79 Å². The summed E-state index contributed by atoms with van der Waals surface area (Å²) in [6.45, 7) is 2.74. The largest absolute Gasteiger partial charge is 0.354 e. The first-order valence-electron chi connectivity index (χ1n) is 8.95. The minimum absolute atomic E-state index is 0. The highest BCUT2D eigenvalue weighted by atomic mass is 127. The van der Waals surface area contributed by atoms with Gasteiger partial charge >= 0.3 is 6.03 Å². The van der Waals surface area contributed by atoms with Crippen LogP contribution in [-0.2, 0) is 4.79 Å². The van der Waals surface area contributed by atoms with Crippen molar-refractivity contribution in [2.75, 3.05) is 39.8 Å². The van der Waals surface area contributed by atoms with Crippen molar-refractivity contribution in [3.8, 4) is 0 Å². The van der Waals surface area contributed by atoms with Gasteiger partial charge in [-0.1, -0.05) is 42.0 Å². The number of carbonyl (C=O) groups is 2. The summed E-state index contributed by atoms with van der Waals surface area (Å²) in [5.41, 5.74) is 2.69. The molecule has 2 aliphatic heterocycles. The number of benzene rings is 1. The fraction of sp³-hybridized carbons (Fsp3) is 0.421. The number of aliphatic imine (C=N–C) groups is 1. The lowest BCUT2D eigenvalue weighted by Gasteiger charge is -2.31. The van der Waals surface area contributed by atoms with Crippen LogP contribution in [0.1, 0.15) is 18.4 Å². The van der Waals surface area contributed by atoms with E-state index in [-0.39, 0.29) is 42.5 Å². The van der Waals surface area contributed by atoms with Gasteiger partial charge in [-0.2, -0.15) is 0 Å². The van der Waals surface area contributed by atoms with E-state index in [4.69, 9.17) is 0 Å². The number of urea groups is 1. The molecule has 7 nitrogen and oxygen atoms in total. The van der Waals surface area contributed by atoms with Crippen molar-refractivity contribution < 1.29 is 9.59 Å². The number of piperidine rings is 1. The van der Waals surface area contributed by atoms with Gasteiger partial charge in [0.25, 0.3) is 0 Å². The lowest BCUT2D eigenvalue weighted by molar-refractivity contribution is -0.124. The number of halogens is 1. The summed E-state index contributed by atoms with van der Waals surface area (Å²) in [4.78, 5) is 30.9. The average molecular weight is 483 g/mol. The van der Waals surface area contributed by atoms with E-state index in [1.54, 1.807) is 7.05 Å². The van der Waals surface area contributed by atoms with Gasteiger partial charge in [-0.3, -0.25) is 14.7 Å². The van der Waals surface area contributed by atoms with Crippen molar-refractivity contribution >= 4 is 48.0 Å². The molecule has 1 aromatic carbocycles. The number of imide groups is 1. The van der Waals surface area contributed by atoms with E-state index in [1.165, 1.54) is 16.0 Å². The fourth-order valence-electron chi connectivity index (χ4n) is 3.23. The van der Waals surface area contributed by atoms with Gasteiger partial charge in [0.1, 0.15) is 0 Å². The summed E-state index contributed by atoms with van der Waals surface area (Å²) in [7, 11) is 1.76. The molecule has 2 N–H and O–H groups in total. The molecule has 2 fully saturated rings. The van der Waals surface area contributed by atoms with Crippen LogP contribution < -0.4 is 10.6 Å². The van der Waals surface area contributed by atoms with Crippen molar-refractivity contribution in [2.45, 2.75) is 12.8 Å². The van der Waals surface area contributed by atoms with Gasteiger partial charge in [0, 0.05) is 33.2 Å². The first kappa shape index (κ1) is 21.2. The maximum absolute atomic E-state index is 11.6. The van der Waals surface area contributed by atoms with Gasteiger partial charge in [0.2, 0.25) is 5.91 Å². The Morgan fingerprint density at radius 1 is 1.22 bits per heavy atom. The van der Waals surface area contributed by atoms with Crippen LogP contribution in [0.3, 0.4) is 0 Å². The standard InChI is InChI=1S/C19H25N5O2.HI/c1-20-18(21-9-12-24-17(25)14-22-19(24)26)23-10-7-16(8-11-23)13-15-5-3-2-4-6-15;/h2-6,13H,7-12,14H2,1H3,(H,20,21)(H,22,26);1H. The SMILES string of the molecule is CN=C(NCCN1C(=O)CNC1=O)N1CCC(=Cc2ccccc2)CC1.I. The van der Waals surface area contributed by atoms with Crippen molar-refractivity contribution in [3.63, 3.8) is 0 Å². The molecule has 0 aliphatic carbocycles. The highest BCUT2D eigenvalue weighted by Gasteiger charge is 2.28. The van der Waals surface area contributed by atoms with Gasteiger partial charge in [-0.15, -0.1) is 24.0 Å². The Morgan fingerprint density at radius 2 is 1.93 bits per heavy atom. The maximum Gasteiger partial charge on any atom is 0.324 e. The first-order chi connectivity index (χ1) is 12.7. The maximum atomic E-state index is 11.6. The Labute approximate surface area is 176 Å². The van der Waals surface area contributed by atoms with Gasteiger partial charge in [-0.25, -0.2) is 4.79 Å². The lowest BCUT2D eigenvalue weighted by atomic mass is 10.0. The van der Waals surface area contributed by atoms with E-state index in [1.807, 2.05) is 6.07 Å². The minimum Gasteiger partial charge on any atom is -0.354 e. The molecule has 1 aromatic rings. The van der Waals surface area contributed by atoms with Crippen LogP contribution in [0.5, 0.6) is 0 Å². The third-order valence-electron chi connectivity index (χ3n) is 4.64. The first-order valence-corrected chi connectivity index (χ1v) is 8.95. The summed E-state index contributed by atoms with van der Waals surface area (Å²) in [6.07, 6.45) is 4.27. The third-order valence-corrected chi connectivity index (χ3v) is 4.64. The number of amides is 3. The fourth-order valence-corrected chi connectivity index (χ4v) is 3.23. The molecule has 8 heteroatoms. The molecule has 0 bridgehead atoms. The van der Waals surface area contributed by atoms with Crippen LogP contribution in [0.2, 0.25) is 0 Å². The summed E-state index contributed by atoms with van der Waals surface area (Å²) >= 11 is 0. The predicted octanol–water partition coefficient (Wildman–Crippen LogP) is 1.91. The molecule has 0 atom stereocenters. The van der Waals surface area contributed by atoms with E-state index < -0.39 is 0 Å². The molecular formula is C19H26IN5O2. The van der Waals surface area contributed by atoms with Crippen molar-refractivity contribution in [3.05, 3.63) is 41.5 Å². The molecule has 0 aromatic heterocycles. The number of guanidine groups is 1. The molecule has 27 heavy (non-hydrogen) atoms. The average Bonchev–Trinajstić information content (AvgIpc) is 2.99. The van der Waals surface area contributed by atoms with E-state index in [9.17, 15) is 9.59 Å². The van der Waals surface area contributed by atoms with Gasteiger partial charge in [0.15, 0.2) is 5.96 Å². The highest BCUT2D eigenvalue weighted by molar-refractivity contribution is 14.0. The molecule has 3 rings (SSSR count). The number of carbonyl (C=O) groups excluding carboxylic acids is 2. The zero-order valence-electron chi connectivity index (χ0n) is 15.5. The van der Waals surface area contributed by atoms with Crippen LogP contribution in [0.15, 0.2) is 40.9 Å². The number of hydrogen-bond acceptors (Lipinski definition) is 3. The van der Waals surface area contributed by atoms with Gasteiger partial charge in [-0.05, 0) is 18.4 Å². The zero-order chi connectivity index (χ0) is 18.4. The lowest BCUT2D eigenvalue weighted by Crippen LogP contribution is -2.47. The molecule has 0 radical (unpaired) electrons. The molecule has 2 aliphatic rings. The van der Waals surface area contributed by atoms with Gasteiger partial charge in [0.05, 0.1) is 6.54 Å². The topological polar surface area (TPSA) is 77.0 Å². The number of nitrogens with one attached hydrogen (secondary N) is 2. The van der Waals surface area contributed by atoms with Crippen LogP contribution >= 0.6 is 24.0 Å². The molecule has 3 amide bonds. The predicted molar refractivity (Wildman–Crippen MR) is 117 cm³/mol. The molecule has 2 saturated heterocycles. The summed E-state index contributed by atoms with van der Waals surface area (Å²) in [5.74, 6) is 0.635. The summed E-state index contributed by atoms with van der Waals surface area (Å²) < 4.78 is 0. The third kappa shape index (κ3) is 5.69. The second-order valence-electron chi connectivity index (χ2n) is 6.38. The molecule has 0 spiro atoms. The van der Waals surface area contributed by atoms with Crippen molar-refractivity contribution in [1.82, 2.24) is 20.4 Å². The number of nitrogens with zero attached hydrogens (tertiary/aromatic N) is 3. The highest BCUT2D eigenvalue weighted by Crippen LogP contribution is 2.19. The second-order valence-corrected chi connectivity index (χ2v) is 6.38. The molecule has 2 heterocycles. The Morgan fingerprint density at radius 3 is 2.52 bits per heavy atom.